The second-order valence-corrected chi connectivity index (χ2v) is 8.84. The van der Waals surface area contributed by atoms with Crippen LogP contribution in [0.2, 0.25) is 0 Å². The van der Waals surface area contributed by atoms with E-state index in [2.05, 4.69) is 35.8 Å². The molecular weight excluding hydrogens is 368 g/mol. The number of carbonyl (C=O) groups excluding carboxylic acids is 1. The molecule has 0 fully saturated rings. The number of nitrogens with one attached hydrogen (secondary N) is 2. The molecule has 2 unspecified atom stereocenters. The molecule has 0 spiro atoms. The van der Waals surface area contributed by atoms with Crippen molar-refractivity contribution < 1.29 is 9.53 Å². The lowest BCUT2D eigenvalue weighted by Gasteiger charge is -2.29. The lowest BCUT2D eigenvalue weighted by Crippen LogP contribution is -2.38. The fourth-order valence-electron chi connectivity index (χ4n) is 4.46. The van der Waals surface area contributed by atoms with Gasteiger partial charge in [-0.2, -0.15) is 0 Å². The summed E-state index contributed by atoms with van der Waals surface area (Å²) >= 11 is 1.76. The first-order chi connectivity index (χ1) is 13.7. The van der Waals surface area contributed by atoms with Gasteiger partial charge in [0.1, 0.15) is 16.9 Å². The van der Waals surface area contributed by atoms with Crippen molar-refractivity contribution in [1.82, 2.24) is 5.32 Å². The average molecular weight is 393 g/mol. The molecule has 0 saturated heterocycles. The summed E-state index contributed by atoms with van der Waals surface area (Å²) in [4.78, 5) is 14.5. The van der Waals surface area contributed by atoms with E-state index in [0.717, 1.165) is 51.9 Å². The molecule has 1 aromatic heterocycles. The summed E-state index contributed by atoms with van der Waals surface area (Å²) in [7, 11) is 0. The molecule has 28 heavy (non-hydrogen) atoms. The predicted octanol–water partition coefficient (Wildman–Crippen LogP) is 5.28. The van der Waals surface area contributed by atoms with Crippen LogP contribution < -0.4 is 15.4 Å². The minimum Gasteiger partial charge on any atom is -0.493 e. The van der Waals surface area contributed by atoms with E-state index in [-0.39, 0.29) is 12.1 Å². The number of hydrogen-bond donors (Lipinski definition) is 2. The van der Waals surface area contributed by atoms with Crippen molar-refractivity contribution in [1.29, 1.82) is 0 Å². The summed E-state index contributed by atoms with van der Waals surface area (Å²) in [6, 6.07) is 12.3. The molecule has 1 amide bonds. The van der Waals surface area contributed by atoms with Gasteiger partial charge >= 0.3 is 0 Å². The molecule has 4 nitrogen and oxygen atoms in total. The molecule has 144 valence electrons. The monoisotopic (exact) mass is 392 g/mol. The maximum absolute atomic E-state index is 13.1. The molecule has 2 N–H and O–H groups in total. The zero-order valence-electron chi connectivity index (χ0n) is 16.2. The van der Waals surface area contributed by atoms with Crippen LogP contribution in [0.1, 0.15) is 52.8 Å². The van der Waals surface area contributed by atoms with Crippen molar-refractivity contribution in [2.45, 2.75) is 39.3 Å². The molecule has 2 aromatic carbocycles. The van der Waals surface area contributed by atoms with E-state index in [9.17, 15) is 4.79 Å². The maximum atomic E-state index is 13.1. The van der Waals surface area contributed by atoms with E-state index in [0.29, 0.717) is 12.5 Å². The Morgan fingerprint density at radius 3 is 2.89 bits per heavy atom. The largest absolute Gasteiger partial charge is 0.493 e. The third kappa shape index (κ3) is 2.76. The molecule has 0 radical (unpaired) electrons. The summed E-state index contributed by atoms with van der Waals surface area (Å²) in [5.74, 6) is 1.53. The van der Waals surface area contributed by atoms with Gasteiger partial charge in [0.05, 0.1) is 12.2 Å². The number of fused-ring (bicyclic) bond motifs is 4. The predicted molar refractivity (Wildman–Crippen MR) is 114 cm³/mol. The van der Waals surface area contributed by atoms with E-state index in [1.165, 1.54) is 10.4 Å². The molecule has 5 rings (SSSR count). The lowest BCUT2D eigenvalue weighted by atomic mass is 9.88. The normalized spacial score (nSPS) is 20.9. The second-order valence-electron chi connectivity index (χ2n) is 7.74. The van der Waals surface area contributed by atoms with Crippen molar-refractivity contribution in [2.24, 2.45) is 5.92 Å². The fraction of sp³-hybridized carbons (Fsp3) is 0.348. The Kier molecular flexibility index (Phi) is 4.27. The minimum absolute atomic E-state index is 0.0289. The molecule has 1 aliphatic heterocycles. The number of thiophene rings is 1. The summed E-state index contributed by atoms with van der Waals surface area (Å²) in [5, 5.41) is 10.1. The van der Waals surface area contributed by atoms with Crippen molar-refractivity contribution in [3.63, 3.8) is 0 Å². The quantitative estimate of drug-likeness (QED) is 0.638. The van der Waals surface area contributed by atoms with Crippen molar-refractivity contribution in [3.8, 4) is 5.75 Å². The first-order valence-electron chi connectivity index (χ1n) is 10.0. The number of rotatable bonds is 3. The zero-order valence-corrected chi connectivity index (χ0v) is 17.0. The highest BCUT2D eigenvalue weighted by Crippen LogP contribution is 2.44. The minimum atomic E-state index is -0.301. The number of hydrogen-bond acceptors (Lipinski definition) is 4. The molecule has 2 heterocycles. The van der Waals surface area contributed by atoms with Gasteiger partial charge in [-0.1, -0.05) is 37.3 Å². The van der Waals surface area contributed by atoms with Gasteiger partial charge in [-0.3, -0.25) is 4.79 Å². The fourth-order valence-corrected chi connectivity index (χ4v) is 5.90. The number of amides is 1. The Bertz CT molecular complexity index is 1070. The van der Waals surface area contributed by atoms with Gasteiger partial charge in [-0.15, -0.1) is 11.3 Å². The van der Waals surface area contributed by atoms with E-state index >= 15 is 0 Å². The molecule has 2 aliphatic rings. The summed E-state index contributed by atoms with van der Waals surface area (Å²) in [6.45, 7) is 4.86. The zero-order chi connectivity index (χ0) is 19.3. The van der Waals surface area contributed by atoms with Crippen LogP contribution in [0.3, 0.4) is 0 Å². The van der Waals surface area contributed by atoms with Gasteiger partial charge in [-0.05, 0) is 54.5 Å². The van der Waals surface area contributed by atoms with Crippen molar-refractivity contribution >= 4 is 33.0 Å². The molecule has 0 saturated carbocycles. The van der Waals surface area contributed by atoms with Crippen LogP contribution in [0.5, 0.6) is 5.75 Å². The smallest absolute Gasteiger partial charge is 0.256 e. The van der Waals surface area contributed by atoms with E-state index in [1.54, 1.807) is 11.3 Å². The molecule has 2 atom stereocenters. The van der Waals surface area contributed by atoms with E-state index < -0.39 is 0 Å². The van der Waals surface area contributed by atoms with E-state index in [1.807, 2.05) is 25.1 Å². The number of carbonyl (C=O) groups is 1. The third-order valence-electron chi connectivity index (χ3n) is 5.81. The van der Waals surface area contributed by atoms with E-state index in [4.69, 9.17) is 4.74 Å². The first-order valence-corrected chi connectivity index (χ1v) is 10.8. The molecule has 1 aliphatic carbocycles. The second kappa shape index (κ2) is 6.82. The Morgan fingerprint density at radius 2 is 2.04 bits per heavy atom. The van der Waals surface area contributed by atoms with Gasteiger partial charge in [0, 0.05) is 10.4 Å². The first kappa shape index (κ1) is 17.6. The Morgan fingerprint density at radius 1 is 1.18 bits per heavy atom. The van der Waals surface area contributed by atoms with Gasteiger partial charge < -0.3 is 15.4 Å². The highest BCUT2D eigenvalue weighted by molar-refractivity contribution is 7.16. The van der Waals surface area contributed by atoms with Gasteiger partial charge in [0.25, 0.3) is 5.91 Å². The Labute approximate surface area is 168 Å². The standard InChI is InChI=1S/C23H24N2O2S/c1-3-27-17-11-9-14-6-4-5-7-15(14)19(17)21-24-22(26)20-16-10-8-13(2)12-18(16)28-23(20)25-21/h4-7,9,11,13,21,25H,3,8,10,12H2,1-2H3,(H,24,26). The van der Waals surface area contributed by atoms with Crippen LogP contribution in [0, 0.1) is 5.92 Å². The van der Waals surface area contributed by atoms with Crippen molar-refractivity contribution in [3.05, 3.63) is 58.0 Å². The van der Waals surface area contributed by atoms with Gasteiger partial charge in [-0.25, -0.2) is 0 Å². The maximum Gasteiger partial charge on any atom is 0.256 e. The van der Waals surface area contributed by atoms with Gasteiger partial charge in [0.15, 0.2) is 0 Å². The summed E-state index contributed by atoms with van der Waals surface area (Å²) in [6.07, 6.45) is 2.93. The number of benzene rings is 2. The highest BCUT2D eigenvalue weighted by Gasteiger charge is 2.34. The van der Waals surface area contributed by atoms with Crippen LogP contribution in [0.4, 0.5) is 5.00 Å². The highest BCUT2D eigenvalue weighted by atomic mass is 32.1. The topological polar surface area (TPSA) is 50.4 Å². The summed E-state index contributed by atoms with van der Waals surface area (Å²) < 4.78 is 5.93. The summed E-state index contributed by atoms with van der Waals surface area (Å²) in [5.41, 5.74) is 3.12. The van der Waals surface area contributed by atoms with Crippen LogP contribution in [0.15, 0.2) is 36.4 Å². The molecular formula is C23H24N2O2S. The Hall–Kier alpha value is -2.53. The van der Waals surface area contributed by atoms with Crippen LogP contribution in [-0.4, -0.2) is 12.5 Å². The SMILES string of the molecule is CCOc1ccc2ccccc2c1C1NC(=O)c2c(sc3c2CCC(C)C3)N1. The van der Waals surface area contributed by atoms with Gasteiger partial charge in [0.2, 0.25) is 0 Å². The van der Waals surface area contributed by atoms with Crippen LogP contribution in [0.25, 0.3) is 10.8 Å². The average Bonchev–Trinajstić information content (AvgIpc) is 3.05. The Balaban J connectivity index is 1.61. The number of ether oxygens (including phenoxy) is 1. The van der Waals surface area contributed by atoms with Crippen LogP contribution in [-0.2, 0) is 12.8 Å². The molecule has 3 aromatic rings. The molecule has 5 heteroatoms. The number of anilines is 1. The van der Waals surface area contributed by atoms with Crippen LogP contribution >= 0.6 is 11.3 Å². The third-order valence-corrected chi connectivity index (χ3v) is 6.99. The lowest BCUT2D eigenvalue weighted by molar-refractivity contribution is 0.0935. The molecule has 0 bridgehead atoms. The van der Waals surface area contributed by atoms with Crippen molar-refractivity contribution in [2.75, 3.05) is 11.9 Å².